The molecule has 0 radical (unpaired) electrons. The first-order chi connectivity index (χ1) is 20.3. The van der Waals surface area contributed by atoms with Gasteiger partial charge in [0.2, 0.25) is 0 Å². The Hall–Kier alpha value is -4.41. The largest absolute Gasteiger partial charge is 0.490 e. The third kappa shape index (κ3) is 8.56. The molecule has 2 N–H and O–H groups in total. The Morgan fingerprint density at radius 3 is 2.12 bits per heavy atom. The van der Waals surface area contributed by atoms with Crippen molar-refractivity contribution >= 4 is 17.0 Å². The fraction of sp³-hybridized carbons (Fsp3) is 0.300. The third-order valence-corrected chi connectivity index (χ3v) is 6.88. The summed E-state index contributed by atoms with van der Waals surface area (Å²) in [6.45, 7) is 5.69. The van der Waals surface area contributed by atoms with Gasteiger partial charge in [-0.15, -0.1) is 0 Å². The molecule has 1 saturated heterocycles. The summed E-state index contributed by atoms with van der Waals surface area (Å²) in [5.41, 5.74) is 4.42. The first kappa shape index (κ1) is 31.5. The lowest BCUT2D eigenvalue weighted by atomic mass is 10.0. The summed E-state index contributed by atoms with van der Waals surface area (Å²) >= 11 is 0. The molecule has 0 unspecified atom stereocenters. The number of hydrogen-bond acceptors (Lipinski definition) is 5. The van der Waals surface area contributed by atoms with Crippen LogP contribution in [0.15, 0.2) is 66.7 Å². The Bertz CT molecular complexity index is 1580. The van der Waals surface area contributed by atoms with Gasteiger partial charge in [-0.25, -0.2) is 9.78 Å². The van der Waals surface area contributed by atoms with E-state index in [9.17, 15) is 26.3 Å². The topological polar surface area (TPSA) is 96.3 Å². The number of imidazole rings is 1. The van der Waals surface area contributed by atoms with Gasteiger partial charge in [-0.1, -0.05) is 42.5 Å². The normalized spacial score (nSPS) is 14.6. The molecule has 226 valence electrons. The van der Waals surface area contributed by atoms with Crippen LogP contribution in [0.2, 0.25) is 0 Å². The van der Waals surface area contributed by atoms with E-state index in [0.717, 1.165) is 68.1 Å². The highest BCUT2D eigenvalue weighted by Crippen LogP contribution is 2.32. The molecular weight excluding hydrogens is 576 g/mol. The molecule has 1 aliphatic heterocycles. The van der Waals surface area contributed by atoms with Crippen LogP contribution in [-0.2, 0) is 17.5 Å². The maximum Gasteiger partial charge on any atom is 0.490 e. The molecule has 0 atom stereocenters. The average Bonchev–Trinajstić information content (AvgIpc) is 3.40. The van der Waals surface area contributed by atoms with Gasteiger partial charge in [0.25, 0.3) is 0 Å². The van der Waals surface area contributed by atoms with Crippen molar-refractivity contribution < 1.29 is 36.2 Å². The summed E-state index contributed by atoms with van der Waals surface area (Å²) < 4.78 is 70.8. The van der Waals surface area contributed by atoms with Crippen LogP contribution in [0.25, 0.3) is 33.5 Å². The number of nitrogens with one attached hydrogen (secondary N) is 1. The number of carboxylic acid groups (broad SMARTS) is 1. The van der Waals surface area contributed by atoms with Crippen LogP contribution >= 0.6 is 0 Å². The van der Waals surface area contributed by atoms with Crippen LogP contribution in [-0.4, -0.2) is 69.7 Å². The minimum absolute atomic E-state index is 0.363. The van der Waals surface area contributed by atoms with Gasteiger partial charge < -0.3 is 10.1 Å². The lowest BCUT2D eigenvalue weighted by molar-refractivity contribution is -0.192. The van der Waals surface area contributed by atoms with E-state index in [1.165, 1.54) is 11.6 Å². The second kappa shape index (κ2) is 13.3. The summed E-state index contributed by atoms with van der Waals surface area (Å²) in [5, 5.41) is 15.9. The van der Waals surface area contributed by atoms with E-state index < -0.39 is 23.9 Å². The van der Waals surface area contributed by atoms with Crippen molar-refractivity contribution in [2.24, 2.45) is 0 Å². The number of carboxylic acids is 1. The molecular formula is C30H27F6N5O2. The van der Waals surface area contributed by atoms with Gasteiger partial charge in [0.15, 0.2) is 0 Å². The van der Waals surface area contributed by atoms with Gasteiger partial charge in [-0.3, -0.25) is 9.80 Å². The van der Waals surface area contributed by atoms with Crippen molar-refractivity contribution in [1.82, 2.24) is 19.8 Å². The lowest BCUT2D eigenvalue weighted by Gasteiger charge is -2.34. The number of carbonyl (C=O) groups is 1. The van der Waals surface area contributed by atoms with Crippen LogP contribution in [0.4, 0.5) is 26.3 Å². The van der Waals surface area contributed by atoms with E-state index >= 15 is 0 Å². The van der Waals surface area contributed by atoms with Gasteiger partial charge in [0, 0.05) is 51.3 Å². The SMILES string of the molecule is N#CCCN1CCN(Cc2cccc(-c3ccc(-c4nc5ccc(C(F)(F)F)cc5[nH]4)cc3)c2)CC1.O=C(O)C(F)(F)F. The number of H-pyrrole nitrogens is 1. The molecule has 0 saturated carbocycles. The van der Waals surface area contributed by atoms with E-state index in [4.69, 9.17) is 15.2 Å². The van der Waals surface area contributed by atoms with Gasteiger partial charge >= 0.3 is 18.3 Å². The predicted octanol–water partition coefficient (Wildman–Crippen LogP) is 6.58. The summed E-state index contributed by atoms with van der Waals surface area (Å²) in [6, 6.07) is 22.1. The molecule has 0 spiro atoms. The maximum absolute atomic E-state index is 13.0. The van der Waals surface area contributed by atoms with E-state index in [-0.39, 0.29) is 0 Å². The molecule has 43 heavy (non-hydrogen) atoms. The summed E-state index contributed by atoms with van der Waals surface area (Å²) in [7, 11) is 0. The molecule has 0 amide bonds. The van der Waals surface area contributed by atoms with Crippen LogP contribution in [0.1, 0.15) is 17.5 Å². The van der Waals surface area contributed by atoms with Crippen molar-refractivity contribution in [3.8, 4) is 28.6 Å². The van der Waals surface area contributed by atoms with Gasteiger partial charge in [0.05, 0.1) is 22.7 Å². The van der Waals surface area contributed by atoms with Gasteiger partial charge in [-0.2, -0.15) is 31.6 Å². The second-order valence-corrected chi connectivity index (χ2v) is 9.92. The number of fused-ring (bicyclic) bond motifs is 1. The minimum atomic E-state index is -5.08. The third-order valence-electron chi connectivity index (χ3n) is 6.88. The number of benzene rings is 3. The maximum atomic E-state index is 13.0. The number of aliphatic carboxylic acids is 1. The molecule has 13 heteroatoms. The van der Waals surface area contributed by atoms with Crippen LogP contribution in [0.5, 0.6) is 0 Å². The molecule has 2 heterocycles. The zero-order valence-electron chi connectivity index (χ0n) is 22.7. The lowest BCUT2D eigenvalue weighted by Crippen LogP contribution is -2.46. The standard InChI is InChI=1S/C28H26F3N5.C2HF3O2/c29-28(30,31)24-9-10-25-26(18-24)34-27(33-25)22-7-5-21(6-8-22)23-4-1-3-20(17-23)19-36-15-13-35(14-16-36)12-2-11-32;3-2(4,5)1(6)7/h1,3-10,17-18H,2,12-16,19H2,(H,33,34);(H,6,7). The molecule has 0 aliphatic carbocycles. The van der Waals surface area contributed by atoms with E-state index in [1.807, 2.05) is 24.3 Å². The molecule has 7 nitrogen and oxygen atoms in total. The number of hydrogen-bond donors (Lipinski definition) is 2. The van der Waals surface area contributed by atoms with E-state index in [1.54, 1.807) is 0 Å². The highest BCUT2D eigenvalue weighted by atomic mass is 19.4. The highest BCUT2D eigenvalue weighted by Gasteiger charge is 2.38. The zero-order chi connectivity index (χ0) is 31.2. The Kier molecular flexibility index (Phi) is 9.73. The average molecular weight is 604 g/mol. The minimum Gasteiger partial charge on any atom is -0.475 e. The Labute approximate surface area is 243 Å². The number of aromatic nitrogens is 2. The molecule has 4 aromatic rings. The second-order valence-electron chi connectivity index (χ2n) is 9.92. The quantitative estimate of drug-likeness (QED) is 0.242. The first-order valence-electron chi connectivity index (χ1n) is 13.2. The predicted molar refractivity (Wildman–Crippen MR) is 148 cm³/mol. The van der Waals surface area contributed by atoms with Crippen molar-refractivity contribution in [2.45, 2.75) is 25.3 Å². The first-order valence-corrected chi connectivity index (χ1v) is 13.2. The van der Waals surface area contributed by atoms with Crippen molar-refractivity contribution in [3.63, 3.8) is 0 Å². The fourth-order valence-electron chi connectivity index (χ4n) is 4.63. The van der Waals surface area contributed by atoms with Crippen molar-refractivity contribution in [2.75, 3.05) is 32.7 Å². The van der Waals surface area contributed by atoms with Gasteiger partial charge in [0.1, 0.15) is 5.82 Å². The molecule has 1 aliphatic rings. The molecule has 3 aromatic carbocycles. The molecule has 1 fully saturated rings. The number of nitrogens with zero attached hydrogens (tertiary/aromatic N) is 4. The number of alkyl halides is 6. The summed E-state index contributed by atoms with van der Waals surface area (Å²) in [5.74, 6) is -2.22. The Balaban J connectivity index is 0.000000541. The smallest absolute Gasteiger partial charge is 0.475 e. The van der Waals surface area contributed by atoms with Gasteiger partial charge in [-0.05, 0) is 41.0 Å². The number of nitriles is 1. The zero-order valence-corrected chi connectivity index (χ0v) is 22.7. The molecule has 0 bridgehead atoms. The number of piperazine rings is 1. The monoisotopic (exact) mass is 603 g/mol. The van der Waals surface area contributed by atoms with Crippen molar-refractivity contribution in [3.05, 3.63) is 77.9 Å². The molecule has 1 aromatic heterocycles. The number of halogens is 6. The van der Waals surface area contributed by atoms with Crippen LogP contribution in [0.3, 0.4) is 0 Å². The summed E-state index contributed by atoms with van der Waals surface area (Å²) in [6.07, 6.45) is -8.89. The number of rotatable bonds is 6. The number of aromatic amines is 1. The molecule has 5 rings (SSSR count). The van der Waals surface area contributed by atoms with E-state index in [2.05, 4.69) is 50.1 Å². The summed E-state index contributed by atoms with van der Waals surface area (Å²) in [4.78, 5) is 21.2. The highest BCUT2D eigenvalue weighted by molar-refractivity contribution is 5.80. The Morgan fingerprint density at radius 1 is 0.884 bits per heavy atom. The fourth-order valence-corrected chi connectivity index (χ4v) is 4.63. The van der Waals surface area contributed by atoms with Crippen LogP contribution in [0, 0.1) is 11.3 Å². The van der Waals surface area contributed by atoms with Crippen LogP contribution < -0.4 is 0 Å². The van der Waals surface area contributed by atoms with Crippen molar-refractivity contribution in [1.29, 1.82) is 5.26 Å². The van der Waals surface area contributed by atoms with E-state index in [0.29, 0.717) is 23.3 Å². The Morgan fingerprint density at radius 2 is 1.51 bits per heavy atom.